The molecule has 102 valence electrons. The summed E-state index contributed by atoms with van der Waals surface area (Å²) in [5, 5.41) is 13.1. The van der Waals surface area contributed by atoms with Gasteiger partial charge in [-0.25, -0.2) is 0 Å². The van der Waals surface area contributed by atoms with Gasteiger partial charge < -0.3 is 10.0 Å². The molecule has 1 aromatic heterocycles. The maximum Gasteiger partial charge on any atom is 0.323 e. The predicted molar refractivity (Wildman–Crippen MR) is 69.7 cm³/mol. The van der Waals surface area contributed by atoms with Crippen LogP contribution in [0.1, 0.15) is 30.0 Å². The number of aliphatic carboxylic acids is 1. The third-order valence-electron chi connectivity index (χ3n) is 2.61. The number of carboxylic acid groups (broad SMARTS) is 1. The summed E-state index contributed by atoms with van der Waals surface area (Å²) in [6.07, 6.45) is 5.87. The Morgan fingerprint density at radius 3 is 2.68 bits per heavy atom. The van der Waals surface area contributed by atoms with Crippen LogP contribution in [0, 0.1) is 12.3 Å². The lowest BCUT2D eigenvalue weighted by molar-refractivity contribution is -0.137. The SMILES string of the molecule is C#CCN(CC(=O)O)C(=O)c1cc(CC)nn1CC. The molecule has 6 nitrogen and oxygen atoms in total. The molecule has 1 amide bonds. The summed E-state index contributed by atoms with van der Waals surface area (Å²) in [7, 11) is 0. The summed E-state index contributed by atoms with van der Waals surface area (Å²) >= 11 is 0. The number of hydrogen-bond acceptors (Lipinski definition) is 3. The first kappa shape index (κ1) is 14.8. The van der Waals surface area contributed by atoms with Crippen molar-refractivity contribution in [3.63, 3.8) is 0 Å². The second-order valence-corrected chi connectivity index (χ2v) is 3.95. The van der Waals surface area contributed by atoms with E-state index in [0.717, 1.165) is 10.6 Å². The number of rotatable bonds is 6. The van der Waals surface area contributed by atoms with Gasteiger partial charge in [-0.15, -0.1) is 6.42 Å². The zero-order valence-corrected chi connectivity index (χ0v) is 11.1. The number of amides is 1. The Kier molecular flexibility index (Phi) is 5.12. The summed E-state index contributed by atoms with van der Waals surface area (Å²) < 4.78 is 1.56. The summed E-state index contributed by atoms with van der Waals surface area (Å²) in [6, 6.07) is 1.68. The zero-order valence-electron chi connectivity index (χ0n) is 11.1. The van der Waals surface area contributed by atoms with E-state index in [2.05, 4.69) is 11.0 Å². The van der Waals surface area contributed by atoms with Gasteiger partial charge in [-0.05, 0) is 19.4 Å². The monoisotopic (exact) mass is 263 g/mol. The molecular weight excluding hydrogens is 246 g/mol. The molecule has 0 spiro atoms. The van der Waals surface area contributed by atoms with Crippen LogP contribution >= 0.6 is 0 Å². The highest BCUT2D eigenvalue weighted by Gasteiger charge is 2.21. The molecule has 1 heterocycles. The van der Waals surface area contributed by atoms with E-state index < -0.39 is 18.4 Å². The van der Waals surface area contributed by atoms with E-state index in [1.807, 2.05) is 13.8 Å². The molecule has 0 aromatic carbocycles. The van der Waals surface area contributed by atoms with Gasteiger partial charge in [-0.1, -0.05) is 12.8 Å². The van der Waals surface area contributed by atoms with Crippen molar-refractivity contribution >= 4 is 11.9 Å². The molecule has 19 heavy (non-hydrogen) atoms. The van der Waals surface area contributed by atoms with Crippen molar-refractivity contribution in [2.24, 2.45) is 0 Å². The molecule has 0 aliphatic rings. The molecule has 0 aliphatic carbocycles. The minimum atomic E-state index is -1.10. The van der Waals surface area contributed by atoms with Crippen LogP contribution in [-0.2, 0) is 17.8 Å². The summed E-state index contributed by atoms with van der Waals surface area (Å²) in [5.41, 5.74) is 1.16. The Morgan fingerprint density at radius 1 is 1.53 bits per heavy atom. The van der Waals surface area contributed by atoms with Crippen molar-refractivity contribution in [2.45, 2.75) is 26.8 Å². The Balaban J connectivity index is 3.04. The molecule has 1 aromatic rings. The molecule has 0 unspecified atom stereocenters. The quantitative estimate of drug-likeness (QED) is 0.764. The summed E-state index contributed by atoms with van der Waals surface area (Å²) in [5.74, 6) is 0.791. The van der Waals surface area contributed by atoms with Gasteiger partial charge in [0.05, 0.1) is 12.2 Å². The Labute approximate surface area is 112 Å². The van der Waals surface area contributed by atoms with E-state index in [1.165, 1.54) is 0 Å². The molecule has 0 bridgehead atoms. The average Bonchev–Trinajstić information content (AvgIpc) is 2.80. The van der Waals surface area contributed by atoms with Crippen molar-refractivity contribution in [3.8, 4) is 12.3 Å². The third-order valence-corrected chi connectivity index (χ3v) is 2.61. The largest absolute Gasteiger partial charge is 0.480 e. The predicted octanol–water partition coefficient (Wildman–Crippen LogP) is 0.625. The number of carbonyl (C=O) groups is 2. The first-order valence-electron chi connectivity index (χ1n) is 6.04. The first-order chi connectivity index (χ1) is 9.03. The van der Waals surface area contributed by atoms with E-state index in [-0.39, 0.29) is 6.54 Å². The van der Waals surface area contributed by atoms with Gasteiger partial charge in [-0.2, -0.15) is 5.10 Å². The van der Waals surface area contributed by atoms with Crippen LogP contribution in [0.15, 0.2) is 6.07 Å². The highest BCUT2D eigenvalue weighted by atomic mass is 16.4. The molecule has 0 atom stereocenters. The van der Waals surface area contributed by atoms with Crippen molar-refractivity contribution in [1.29, 1.82) is 0 Å². The standard InChI is InChI=1S/C13H17N3O3/c1-4-7-15(9-12(17)18)13(19)11-8-10(5-2)14-16(11)6-3/h1,8H,5-7,9H2,2-3H3,(H,17,18). The second-order valence-electron chi connectivity index (χ2n) is 3.95. The maximum absolute atomic E-state index is 12.3. The van der Waals surface area contributed by atoms with Crippen LogP contribution < -0.4 is 0 Å². The molecule has 0 aliphatic heterocycles. The summed E-state index contributed by atoms with van der Waals surface area (Å²) in [4.78, 5) is 24.2. The molecule has 0 saturated carbocycles. The van der Waals surface area contributed by atoms with E-state index in [0.29, 0.717) is 18.7 Å². The van der Waals surface area contributed by atoms with Crippen LogP contribution in [-0.4, -0.2) is 44.8 Å². The summed E-state index contributed by atoms with van der Waals surface area (Å²) in [6.45, 7) is 3.89. The number of terminal acetylenes is 1. The van der Waals surface area contributed by atoms with Gasteiger partial charge in [0.1, 0.15) is 12.2 Å². The second kappa shape index (κ2) is 6.59. The Hall–Kier alpha value is -2.29. The zero-order chi connectivity index (χ0) is 14.4. The highest BCUT2D eigenvalue weighted by Crippen LogP contribution is 2.09. The first-order valence-corrected chi connectivity index (χ1v) is 6.04. The number of nitrogens with zero attached hydrogens (tertiary/aromatic N) is 3. The molecule has 0 fully saturated rings. The van der Waals surface area contributed by atoms with E-state index in [4.69, 9.17) is 11.5 Å². The third kappa shape index (κ3) is 3.58. The maximum atomic E-state index is 12.3. The molecular formula is C13H17N3O3. The van der Waals surface area contributed by atoms with Crippen molar-refractivity contribution < 1.29 is 14.7 Å². The lowest BCUT2D eigenvalue weighted by atomic mass is 10.2. The van der Waals surface area contributed by atoms with Crippen molar-refractivity contribution in [3.05, 3.63) is 17.5 Å². The van der Waals surface area contributed by atoms with E-state index >= 15 is 0 Å². The van der Waals surface area contributed by atoms with Crippen LogP contribution in [0.3, 0.4) is 0 Å². The highest BCUT2D eigenvalue weighted by molar-refractivity contribution is 5.94. The minimum absolute atomic E-state index is 0.0402. The van der Waals surface area contributed by atoms with Crippen LogP contribution in [0.2, 0.25) is 0 Å². The van der Waals surface area contributed by atoms with Gasteiger partial charge in [0.2, 0.25) is 0 Å². The average molecular weight is 263 g/mol. The molecule has 0 radical (unpaired) electrons. The number of hydrogen-bond donors (Lipinski definition) is 1. The van der Waals surface area contributed by atoms with Gasteiger partial charge in [-0.3, -0.25) is 14.3 Å². The van der Waals surface area contributed by atoms with Crippen molar-refractivity contribution in [1.82, 2.24) is 14.7 Å². The van der Waals surface area contributed by atoms with Crippen LogP contribution in [0.25, 0.3) is 0 Å². The van der Waals surface area contributed by atoms with E-state index in [9.17, 15) is 9.59 Å². The lowest BCUT2D eigenvalue weighted by Gasteiger charge is -2.18. The van der Waals surface area contributed by atoms with Crippen LogP contribution in [0.4, 0.5) is 0 Å². The van der Waals surface area contributed by atoms with Crippen molar-refractivity contribution in [2.75, 3.05) is 13.1 Å². The van der Waals surface area contributed by atoms with Gasteiger partial charge in [0.25, 0.3) is 5.91 Å². The molecule has 0 saturated heterocycles. The normalized spacial score (nSPS) is 9.95. The molecule has 6 heteroatoms. The number of aryl methyl sites for hydroxylation is 2. The van der Waals surface area contributed by atoms with Gasteiger partial charge in [0, 0.05) is 6.54 Å². The van der Waals surface area contributed by atoms with Crippen LogP contribution in [0.5, 0.6) is 0 Å². The fourth-order valence-electron chi connectivity index (χ4n) is 1.69. The van der Waals surface area contributed by atoms with E-state index in [1.54, 1.807) is 10.7 Å². The number of carbonyl (C=O) groups excluding carboxylic acids is 1. The molecule has 1 rings (SSSR count). The number of aromatic nitrogens is 2. The Bertz CT molecular complexity index is 514. The lowest BCUT2D eigenvalue weighted by Crippen LogP contribution is -2.37. The fraction of sp³-hybridized carbons (Fsp3) is 0.462. The van der Waals surface area contributed by atoms with Gasteiger partial charge >= 0.3 is 5.97 Å². The number of carboxylic acids is 1. The smallest absolute Gasteiger partial charge is 0.323 e. The fourth-order valence-corrected chi connectivity index (χ4v) is 1.69. The van der Waals surface area contributed by atoms with Gasteiger partial charge in [0.15, 0.2) is 0 Å². The Morgan fingerprint density at radius 2 is 2.21 bits per heavy atom. The minimum Gasteiger partial charge on any atom is -0.480 e. The molecule has 1 N–H and O–H groups in total. The topological polar surface area (TPSA) is 75.4 Å².